The lowest BCUT2D eigenvalue weighted by atomic mass is 10.0. The second-order valence-corrected chi connectivity index (χ2v) is 8.66. The highest BCUT2D eigenvalue weighted by Gasteiger charge is 2.37. The zero-order valence-corrected chi connectivity index (χ0v) is 16.5. The summed E-state index contributed by atoms with van der Waals surface area (Å²) in [5, 5.41) is 0. The predicted molar refractivity (Wildman–Crippen MR) is 96.1 cm³/mol. The Balaban J connectivity index is 2.35. The maximum Gasteiger partial charge on any atom is 0.414 e. The summed E-state index contributed by atoms with van der Waals surface area (Å²) in [4.78, 5) is 14.0. The summed E-state index contributed by atoms with van der Waals surface area (Å²) in [5.74, 6) is 0.137. The normalized spacial score (nSPS) is 17.1. The first kappa shape index (κ1) is 20.5. The Morgan fingerprint density at radius 3 is 2.58 bits per heavy atom. The molecule has 26 heavy (non-hydrogen) atoms. The monoisotopic (exact) mass is 387 g/mol. The lowest BCUT2D eigenvalue weighted by molar-refractivity contribution is 0.0501. The van der Waals surface area contributed by atoms with Crippen LogP contribution in [-0.2, 0) is 23.8 Å². The molecule has 0 fully saturated rings. The first-order chi connectivity index (χ1) is 12.0. The van der Waals surface area contributed by atoms with Gasteiger partial charge in [0.15, 0.2) is 6.79 Å². The summed E-state index contributed by atoms with van der Waals surface area (Å²) in [6.45, 7) is 5.51. The van der Waals surface area contributed by atoms with E-state index >= 15 is 0 Å². The molecule has 1 aromatic carbocycles. The number of ether oxygens (including phenoxy) is 3. The van der Waals surface area contributed by atoms with Crippen LogP contribution in [0.4, 0.5) is 10.5 Å². The molecule has 1 aromatic rings. The molecule has 0 bridgehead atoms. The molecule has 0 saturated carbocycles. The summed E-state index contributed by atoms with van der Waals surface area (Å²) in [6, 6.07) is 5.25. The fourth-order valence-corrected chi connectivity index (χ4v) is 3.08. The van der Waals surface area contributed by atoms with Crippen molar-refractivity contribution in [2.24, 2.45) is 0 Å². The van der Waals surface area contributed by atoms with E-state index in [-0.39, 0.29) is 25.9 Å². The van der Waals surface area contributed by atoms with Crippen LogP contribution in [0.25, 0.3) is 0 Å². The number of hydrogen-bond acceptors (Lipinski definition) is 7. The molecular weight excluding hydrogens is 362 g/mol. The van der Waals surface area contributed by atoms with Crippen LogP contribution in [0.2, 0.25) is 0 Å². The summed E-state index contributed by atoms with van der Waals surface area (Å²) in [7, 11) is -2.11. The van der Waals surface area contributed by atoms with Gasteiger partial charge in [0, 0.05) is 25.1 Å². The molecular formula is C17H25NO7S. The van der Waals surface area contributed by atoms with E-state index in [9.17, 15) is 13.2 Å². The Morgan fingerprint density at radius 1 is 1.31 bits per heavy atom. The number of carbonyl (C=O) groups excluding carboxylic acids is 1. The van der Waals surface area contributed by atoms with Crippen molar-refractivity contribution in [1.29, 1.82) is 0 Å². The quantitative estimate of drug-likeness (QED) is 0.547. The molecule has 1 heterocycles. The number of carbonyl (C=O) groups is 1. The van der Waals surface area contributed by atoms with Crippen molar-refractivity contribution >= 4 is 21.9 Å². The average Bonchev–Trinajstić information content (AvgIpc) is 2.88. The van der Waals surface area contributed by atoms with Crippen LogP contribution in [-0.4, -0.2) is 53.4 Å². The minimum Gasteiger partial charge on any atom is -0.467 e. The third kappa shape index (κ3) is 5.33. The minimum atomic E-state index is -3.61. The van der Waals surface area contributed by atoms with Gasteiger partial charge in [-0.15, -0.1) is 0 Å². The van der Waals surface area contributed by atoms with Crippen molar-refractivity contribution in [3.8, 4) is 5.75 Å². The largest absolute Gasteiger partial charge is 0.467 e. The third-order valence-electron chi connectivity index (χ3n) is 3.57. The van der Waals surface area contributed by atoms with Crippen molar-refractivity contribution < 1.29 is 31.6 Å². The number of nitrogens with zero attached hydrogens (tertiary/aromatic N) is 1. The Kier molecular flexibility index (Phi) is 6.15. The van der Waals surface area contributed by atoms with Crippen molar-refractivity contribution in [2.45, 2.75) is 32.3 Å². The van der Waals surface area contributed by atoms with Crippen LogP contribution in [0.1, 0.15) is 32.3 Å². The van der Waals surface area contributed by atoms with Crippen LogP contribution < -0.4 is 9.64 Å². The topological polar surface area (TPSA) is 91.4 Å². The fraction of sp³-hybridized carbons (Fsp3) is 0.588. The van der Waals surface area contributed by atoms with E-state index in [2.05, 4.69) is 0 Å². The molecule has 1 atom stereocenters. The number of rotatable bonds is 6. The Bertz CT molecular complexity index is 755. The van der Waals surface area contributed by atoms with E-state index in [4.69, 9.17) is 18.4 Å². The SMILES string of the molecule is COCOc1cccc2c1C(COS(C)(=O)=O)CN2C(=O)OC(C)(C)C. The lowest BCUT2D eigenvalue weighted by Crippen LogP contribution is -2.36. The smallest absolute Gasteiger partial charge is 0.414 e. The predicted octanol–water partition coefficient (Wildman–Crippen LogP) is 2.48. The van der Waals surface area contributed by atoms with E-state index in [1.807, 2.05) is 0 Å². The van der Waals surface area contributed by atoms with Gasteiger partial charge >= 0.3 is 6.09 Å². The van der Waals surface area contributed by atoms with E-state index in [0.717, 1.165) is 6.26 Å². The molecule has 0 aliphatic carbocycles. The molecule has 0 saturated heterocycles. The van der Waals surface area contributed by atoms with Gasteiger partial charge in [-0.2, -0.15) is 8.42 Å². The van der Waals surface area contributed by atoms with Crippen molar-refractivity contribution in [2.75, 3.05) is 38.2 Å². The second kappa shape index (κ2) is 7.81. The van der Waals surface area contributed by atoms with E-state index in [0.29, 0.717) is 17.0 Å². The van der Waals surface area contributed by atoms with Crippen LogP contribution in [0, 0.1) is 0 Å². The van der Waals surface area contributed by atoms with Crippen LogP contribution >= 0.6 is 0 Å². The highest BCUT2D eigenvalue weighted by Crippen LogP contribution is 2.43. The zero-order valence-electron chi connectivity index (χ0n) is 15.6. The van der Waals surface area contributed by atoms with Gasteiger partial charge in [0.25, 0.3) is 10.1 Å². The van der Waals surface area contributed by atoms with Gasteiger partial charge in [0.05, 0.1) is 18.6 Å². The Labute approximate surface area is 154 Å². The number of benzene rings is 1. The van der Waals surface area contributed by atoms with Crippen molar-refractivity contribution in [3.63, 3.8) is 0 Å². The summed E-state index contributed by atoms with van der Waals surface area (Å²) in [6.07, 6.45) is 0.478. The molecule has 8 nitrogen and oxygen atoms in total. The van der Waals surface area contributed by atoms with Crippen LogP contribution in [0.15, 0.2) is 18.2 Å². The van der Waals surface area contributed by atoms with Gasteiger partial charge in [-0.05, 0) is 32.9 Å². The van der Waals surface area contributed by atoms with Gasteiger partial charge in [-0.3, -0.25) is 9.08 Å². The molecule has 146 valence electrons. The molecule has 0 aromatic heterocycles. The molecule has 1 unspecified atom stereocenters. The van der Waals surface area contributed by atoms with E-state index in [1.54, 1.807) is 39.0 Å². The zero-order chi connectivity index (χ0) is 19.5. The van der Waals surface area contributed by atoms with Gasteiger partial charge in [-0.1, -0.05) is 6.07 Å². The van der Waals surface area contributed by atoms with Gasteiger partial charge in [0.2, 0.25) is 0 Å². The third-order valence-corrected chi connectivity index (χ3v) is 4.14. The summed E-state index contributed by atoms with van der Waals surface area (Å²) in [5.41, 5.74) is 0.650. The lowest BCUT2D eigenvalue weighted by Gasteiger charge is -2.25. The number of hydrogen-bond donors (Lipinski definition) is 0. The Morgan fingerprint density at radius 2 is 2.00 bits per heavy atom. The van der Waals surface area contributed by atoms with Gasteiger partial charge in [-0.25, -0.2) is 4.79 Å². The summed E-state index contributed by atoms with van der Waals surface area (Å²) < 4.78 is 43.7. The summed E-state index contributed by atoms with van der Waals surface area (Å²) >= 11 is 0. The maximum absolute atomic E-state index is 12.6. The molecule has 1 aliphatic heterocycles. The van der Waals surface area contributed by atoms with Crippen LogP contribution in [0.5, 0.6) is 5.75 Å². The standard InChI is InChI=1S/C17H25NO7S/c1-17(2,3)25-16(19)18-9-12(10-24-26(5,20)21)15-13(18)7-6-8-14(15)23-11-22-4/h6-8,12H,9-11H2,1-5H3. The molecule has 0 N–H and O–H groups in total. The molecule has 0 radical (unpaired) electrons. The fourth-order valence-electron chi connectivity index (χ4n) is 2.67. The number of anilines is 1. The minimum absolute atomic E-state index is 0.0303. The second-order valence-electron chi connectivity index (χ2n) is 7.02. The van der Waals surface area contributed by atoms with Crippen molar-refractivity contribution in [1.82, 2.24) is 0 Å². The first-order valence-electron chi connectivity index (χ1n) is 8.11. The molecule has 0 spiro atoms. The highest BCUT2D eigenvalue weighted by atomic mass is 32.2. The Hall–Kier alpha value is -1.84. The average molecular weight is 387 g/mol. The van der Waals surface area contributed by atoms with Crippen molar-refractivity contribution in [3.05, 3.63) is 23.8 Å². The maximum atomic E-state index is 12.6. The molecule has 2 rings (SSSR count). The van der Waals surface area contributed by atoms with Crippen LogP contribution in [0.3, 0.4) is 0 Å². The molecule has 1 aliphatic rings. The van der Waals surface area contributed by atoms with Gasteiger partial charge in [0.1, 0.15) is 11.4 Å². The van der Waals surface area contributed by atoms with E-state index in [1.165, 1.54) is 12.0 Å². The number of amides is 1. The van der Waals surface area contributed by atoms with Gasteiger partial charge < -0.3 is 14.2 Å². The van der Waals surface area contributed by atoms with E-state index < -0.39 is 21.8 Å². The number of fused-ring (bicyclic) bond motifs is 1. The first-order valence-corrected chi connectivity index (χ1v) is 9.93. The molecule has 1 amide bonds. The molecule has 9 heteroatoms. The highest BCUT2D eigenvalue weighted by molar-refractivity contribution is 7.85. The number of methoxy groups -OCH3 is 1.